The van der Waals surface area contributed by atoms with Crippen LogP contribution in [0.4, 0.5) is 8.78 Å². The first-order valence-corrected chi connectivity index (χ1v) is 7.18. The molecule has 22 heavy (non-hydrogen) atoms. The van der Waals surface area contributed by atoms with Gasteiger partial charge in [0.25, 0.3) is 6.43 Å². The molecule has 3 rings (SSSR count). The lowest BCUT2D eigenvalue weighted by molar-refractivity contribution is 0.143. The number of aromatic nitrogens is 3. The molecule has 0 aliphatic heterocycles. The predicted octanol–water partition coefficient (Wildman–Crippen LogP) is 4.91. The van der Waals surface area contributed by atoms with Crippen LogP contribution >= 0.6 is 11.6 Å². The third-order valence-corrected chi connectivity index (χ3v) is 4.19. The second kappa shape index (κ2) is 5.32. The number of nitrogens with zero attached hydrogens (tertiary/aromatic N) is 3. The smallest absolute Gasteiger partial charge is 0.227 e. The molecule has 0 radical (unpaired) electrons. The lowest BCUT2D eigenvalue weighted by atomic mass is 10.0. The summed E-state index contributed by atoms with van der Waals surface area (Å²) in [5.41, 5.74) is 3.98. The van der Waals surface area contributed by atoms with Crippen molar-refractivity contribution in [3.05, 3.63) is 51.8 Å². The highest BCUT2D eigenvalue weighted by molar-refractivity contribution is 6.34. The average Bonchev–Trinajstić information content (AvgIpc) is 2.76. The van der Waals surface area contributed by atoms with E-state index < -0.39 is 6.43 Å². The number of benzene rings is 1. The standard InChI is InChI=1S/C16H14ClF2N3/c1-8-4-5-11(6-9(8)2)12-7-13(15(18)19)22-16(20-12)14(17)10(3)21-22/h4-7,15H,1-3H3. The summed E-state index contributed by atoms with van der Waals surface area (Å²) < 4.78 is 27.8. The van der Waals surface area contributed by atoms with E-state index in [2.05, 4.69) is 10.1 Å². The zero-order valence-electron chi connectivity index (χ0n) is 12.4. The minimum Gasteiger partial charge on any atom is -0.227 e. The van der Waals surface area contributed by atoms with Crippen LogP contribution in [0.5, 0.6) is 0 Å². The molecule has 0 fully saturated rings. The first kappa shape index (κ1) is 14.9. The zero-order chi connectivity index (χ0) is 16.0. The van der Waals surface area contributed by atoms with E-state index in [1.807, 2.05) is 32.0 Å². The lowest BCUT2D eigenvalue weighted by Gasteiger charge is -2.09. The summed E-state index contributed by atoms with van der Waals surface area (Å²) in [7, 11) is 0. The summed E-state index contributed by atoms with van der Waals surface area (Å²) in [5.74, 6) is 0. The van der Waals surface area contributed by atoms with Gasteiger partial charge in [-0.05, 0) is 44.0 Å². The molecule has 0 saturated heterocycles. The molecule has 0 amide bonds. The van der Waals surface area contributed by atoms with Crippen LogP contribution in [0.25, 0.3) is 16.9 Å². The Morgan fingerprint density at radius 3 is 2.45 bits per heavy atom. The Bertz CT molecular complexity index is 871. The van der Waals surface area contributed by atoms with Gasteiger partial charge in [0.15, 0.2) is 5.65 Å². The number of alkyl halides is 2. The third-order valence-electron chi connectivity index (χ3n) is 3.75. The monoisotopic (exact) mass is 321 g/mol. The number of hydrogen-bond donors (Lipinski definition) is 0. The Kier molecular flexibility index (Phi) is 3.60. The molecule has 0 spiro atoms. The quantitative estimate of drug-likeness (QED) is 0.671. The Labute approximate surface area is 131 Å². The van der Waals surface area contributed by atoms with Gasteiger partial charge in [-0.25, -0.2) is 18.3 Å². The van der Waals surface area contributed by atoms with Crippen molar-refractivity contribution < 1.29 is 8.78 Å². The second-order valence-electron chi connectivity index (χ2n) is 5.30. The predicted molar refractivity (Wildman–Crippen MR) is 82.6 cm³/mol. The van der Waals surface area contributed by atoms with Crippen molar-refractivity contribution in [2.75, 3.05) is 0 Å². The normalized spacial score (nSPS) is 11.6. The number of halogens is 3. The largest absolute Gasteiger partial charge is 0.280 e. The molecule has 0 unspecified atom stereocenters. The molecule has 114 valence electrons. The van der Waals surface area contributed by atoms with Gasteiger partial charge in [-0.2, -0.15) is 5.10 Å². The molecule has 6 heteroatoms. The first-order valence-electron chi connectivity index (χ1n) is 6.80. The number of aryl methyl sites for hydroxylation is 3. The highest BCUT2D eigenvalue weighted by Crippen LogP contribution is 2.30. The molecule has 0 aliphatic carbocycles. The molecule has 0 atom stereocenters. The van der Waals surface area contributed by atoms with Crippen LogP contribution < -0.4 is 0 Å². The second-order valence-corrected chi connectivity index (χ2v) is 5.68. The summed E-state index contributed by atoms with van der Waals surface area (Å²) in [6, 6.07) is 7.11. The Hall–Kier alpha value is -2.01. The maximum Gasteiger partial charge on any atom is 0.280 e. The zero-order valence-corrected chi connectivity index (χ0v) is 13.1. The fraction of sp³-hybridized carbons (Fsp3) is 0.250. The molecule has 0 N–H and O–H groups in total. The fourth-order valence-electron chi connectivity index (χ4n) is 2.32. The molecular formula is C16H14ClF2N3. The third kappa shape index (κ3) is 2.35. The van der Waals surface area contributed by atoms with Gasteiger partial charge >= 0.3 is 0 Å². The summed E-state index contributed by atoms with van der Waals surface area (Å²) >= 11 is 6.14. The molecular weight excluding hydrogens is 308 g/mol. The van der Waals surface area contributed by atoms with Crippen LogP contribution in [0.2, 0.25) is 5.02 Å². The summed E-state index contributed by atoms with van der Waals surface area (Å²) in [6.07, 6.45) is -2.66. The van der Waals surface area contributed by atoms with Gasteiger partial charge < -0.3 is 0 Å². The number of hydrogen-bond acceptors (Lipinski definition) is 2. The van der Waals surface area contributed by atoms with E-state index in [4.69, 9.17) is 11.6 Å². The van der Waals surface area contributed by atoms with Gasteiger partial charge in [0.1, 0.15) is 10.7 Å². The summed E-state index contributed by atoms with van der Waals surface area (Å²) in [6.45, 7) is 5.64. The average molecular weight is 322 g/mol. The van der Waals surface area contributed by atoms with Crippen molar-refractivity contribution in [2.45, 2.75) is 27.2 Å². The van der Waals surface area contributed by atoms with Crippen molar-refractivity contribution in [1.82, 2.24) is 14.6 Å². The Morgan fingerprint density at radius 2 is 1.82 bits per heavy atom. The van der Waals surface area contributed by atoms with Gasteiger partial charge in [-0.3, -0.25) is 0 Å². The van der Waals surface area contributed by atoms with E-state index in [0.29, 0.717) is 16.4 Å². The number of fused-ring (bicyclic) bond motifs is 1. The van der Waals surface area contributed by atoms with E-state index in [0.717, 1.165) is 21.2 Å². The molecule has 0 saturated carbocycles. The highest BCUT2D eigenvalue weighted by Gasteiger charge is 2.19. The molecule has 3 aromatic rings. The molecule has 0 aliphatic rings. The van der Waals surface area contributed by atoms with Gasteiger partial charge in [-0.15, -0.1) is 0 Å². The van der Waals surface area contributed by atoms with E-state index in [1.165, 1.54) is 6.07 Å². The molecule has 2 aromatic heterocycles. The van der Waals surface area contributed by atoms with Crippen LogP contribution in [0, 0.1) is 20.8 Å². The topological polar surface area (TPSA) is 30.2 Å². The minimum atomic E-state index is -2.66. The van der Waals surface area contributed by atoms with Crippen molar-refractivity contribution in [1.29, 1.82) is 0 Å². The van der Waals surface area contributed by atoms with Crippen molar-refractivity contribution >= 4 is 17.2 Å². The Balaban J connectivity index is 2.30. The lowest BCUT2D eigenvalue weighted by Crippen LogP contribution is -2.02. The maximum absolute atomic E-state index is 13.3. The maximum atomic E-state index is 13.3. The van der Waals surface area contributed by atoms with Gasteiger partial charge in [-0.1, -0.05) is 23.7 Å². The highest BCUT2D eigenvalue weighted by atomic mass is 35.5. The van der Waals surface area contributed by atoms with E-state index in [9.17, 15) is 8.78 Å². The van der Waals surface area contributed by atoms with Crippen LogP contribution in [-0.2, 0) is 0 Å². The van der Waals surface area contributed by atoms with Crippen molar-refractivity contribution in [3.63, 3.8) is 0 Å². The fourth-order valence-corrected chi connectivity index (χ4v) is 2.48. The van der Waals surface area contributed by atoms with Gasteiger partial charge in [0.05, 0.1) is 11.4 Å². The summed E-state index contributed by atoms with van der Waals surface area (Å²) in [5, 5.41) is 4.34. The Morgan fingerprint density at radius 1 is 1.09 bits per heavy atom. The van der Waals surface area contributed by atoms with Gasteiger partial charge in [0, 0.05) is 5.56 Å². The molecule has 1 aromatic carbocycles. The molecule has 0 bridgehead atoms. The molecule has 2 heterocycles. The van der Waals surface area contributed by atoms with Crippen LogP contribution in [0.3, 0.4) is 0 Å². The van der Waals surface area contributed by atoms with Crippen molar-refractivity contribution in [2.24, 2.45) is 0 Å². The number of rotatable bonds is 2. The first-order chi connectivity index (χ1) is 10.4. The van der Waals surface area contributed by atoms with E-state index >= 15 is 0 Å². The van der Waals surface area contributed by atoms with E-state index in [1.54, 1.807) is 6.92 Å². The minimum absolute atomic E-state index is 0.215. The van der Waals surface area contributed by atoms with E-state index in [-0.39, 0.29) is 11.3 Å². The van der Waals surface area contributed by atoms with Crippen molar-refractivity contribution in [3.8, 4) is 11.3 Å². The van der Waals surface area contributed by atoms with Gasteiger partial charge in [0.2, 0.25) is 0 Å². The molecule has 3 nitrogen and oxygen atoms in total. The summed E-state index contributed by atoms with van der Waals surface area (Å²) in [4.78, 5) is 4.41. The van der Waals surface area contributed by atoms with Crippen LogP contribution in [-0.4, -0.2) is 14.6 Å². The van der Waals surface area contributed by atoms with Crippen LogP contribution in [0.15, 0.2) is 24.3 Å². The SMILES string of the molecule is Cc1ccc(-c2cc(C(F)F)n3nc(C)c(Cl)c3n2)cc1C. The van der Waals surface area contributed by atoms with Crippen LogP contribution in [0.1, 0.15) is 28.9 Å².